The number of ether oxygens (including phenoxy) is 1. The van der Waals surface area contributed by atoms with Crippen LogP contribution in [0.15, 0.2) is 54.6 Å². The molecule has 6 heteroatoms. The molecular weight excluding hydrogens is 347 g/mol. The third kappa shape index (κ3) is 5.54. The molecule has 5 nitrogen and oxygen atoms in total. The Labute approximate surface area is 158 Å². The lowest BCUT2D eigenvalue weighted by Crippen LogP contribution is -2.39. The lowest BCUT2D eigenvalue weighted by molar-refractivity contribution is -0.134. The Kier molecular flexibility index (Phi) is 6.41. The summed E-state index contributed by atoms with van der Waals surface area (Å²) in [6, 6.07) is 15.3. The van der Waals surface area contributed by atoms with E-state index in [9.17, 15) is 14.0 Å². The SMILES string of the molecule is O=C(COc1ccccc1)N1CCCN(C(=O)Cc2cccc(F)c2)CC1. The molecule has 0 radical (unpaired) electrons. The number of halogens is 1. The quantitative estimate of drug-likeness (QED) is 0.813. The zero-order chi connectivity index (χ0) is 19.1. The maximum atomic E-state index is 13.3. The fourth-order valence-corrected chi connectivity index (χ4v) is 3.10. The van der Waals surface area contributed by atoms with Crippen molar-refractivity contribution in [1.82, 2.24) is 9.80 Å². The number of carbonyl (C=O) groups is 2. The number of para-hydroxylation sites is 1. The fourth-order valence-electron chi connectivity index (χ4n) is 3.10. The molecule has 1 aliphatic heterocycles. The molecule has 3 rings (SSSR count). The molecule has 0 atom stereocenters. The molecule has 1 fully saturated rings. The molecule has 0 aromatic heterocycles. The van der Waals surface area contributed by atoms with Crippen LogP contribution in [0.4, 0.5) is 4.39 Å². The third-order valence-electron chi connectivity index (χ3n) is 4.55. The normalized spacial score (nSPS) is 14.6. The van der Waals surface area contributed by atoms with Crippen molar-refractivity contribution in [1.29, 1.82) is 0 Å². The van der Waals surface area contributed by atoms with Gasteiger partial charge in [-0.1, -0.05) is 30.3 Å². The highest BCUT2D eigenvalue weighted by molar-refractivity contribution is 5.80. The summed E-state index contributed by atoms with van der Waals surface area (Å²) >= 11 is 0. The zero-order valence-corrected chi connectivity index (χ0v) is 15.1. The van der Waals surface area contributed by atoms with Gasteiger partial charge in [0.25, 0.3) is 5.91 Å². The summed E-state index contributed by atoms with van der Waals surface area (Å²) in [7, 11) is 0. The van der Waals surface area contributed by atoms with E-state index in [1.807, 2.05) is 30.3 Å². The number of carbonyl (C=O) groups excluding carboxylic acids is 2. The van der Waals surface area contributed by atoms with Crippen LogP contribution in [0.5, 0.6) is 5.75 Å². The molecule has 0 N–H and O–H groups in total. The predicted molar refractivity (Wildman–Crippen MR) is 99.8 cm³/mol. The second-order valence-electron chi connectivity index (χ2n) is 6.52. The molecular formula is C21H23FN2O3. The molecule has 1 heterocycles. The smallest absolute Gasteiger partial charge is 0.260 e. The van der Waals surface area contributed by atoms with E-state index >= 15 is 0 Å². The average molecular weight is 370 g/mol. The van der Waals surface area contributed by atoms with Gasteiger partial charge in [0.1, 0.15) is 11.6 Å². The van der Waals surface area contributed by atoms with Crippen molar-refractivity contribution in [2.45, 2.75) is 12.8 Å². The van der Waals surface area contributed by atoms with Gasteiger partial charge >= 0.3 is 0 Å². The fraction of sp³-hybridized carbons (Fsp3) is 0.333. The summed E-state index contributed by atoms with van der Waals surface area (Å²) in [5.41, 5.74) is 0.661. The van der Waals surface area contributed by atoms with Crippen LogP contribution in [0.2, 0.25) is 0 Å². The van der Waals surface area contributed by atoms with Gasteiger partial charge < -0.3 is 14.5 Å². The maximum Gasteiger partial charge on any atom is 0.260 e. The Morgan fingerprint density at radius 1 is 0.889 bits per heavy atom. The first kappa shape index (κ1) is 18.9. The highest BCUT2D eigenvalue weighted by atomic mass is 19.1. The molecule has 0 saturated carbocycles. The Morgan fingerprint density at radius 3 is 2.30 bits per heavy atom. The van der Waals surface area contributed by atoms with Crippen LogP contribution in [-0.4, -0.2) is 54.4 Å². The van der Waals surface area contributed by atoms with E-state index in [2.05, 4.69) is 0 Å². The molecule has 2 aromatic carbocycles. The first-order valence-corrected chi connectivity index (χ1v) is 9.09. The molecule has 142 valence electrons. The standard InChI is InChI=1S/C21H23FN2O3/c22-18-7-4-6-17(14-18)15-20(25)23-10-5-11-24(13-12-23)21(26)16-27-19-8-2-1-3-9-19/h1-4,6-9,14H,5,10-13,15-16H2. The van der Waals surface area contributed by atoms with Gasteiger partial charge in [-0.25, -0.2) is 4.39 Å². The molecule has 0 unspecified atom stereocenters. The van der Waals surface area contributed by atoms with Crippen molar-refractivity contribution in [3.63, 3.8) is 0 Å². The zero-order valence-electron chi connectivity index (χ0n) is 15.1. The van der Waals surface area contributed by atoms with E-state index < -0.39 is 0 Å². The summed E-state index contributed by atoms with van der Waals surface area (Å²) in [5, 5.41) is 0. The van der Waals surface area contributed by atoms with Gasteiger partial charge in [0.15, 0.2) is 6.61 Å². The van der Waals surface area contributed by atoms with Crippen LogP contribution in [0.1, 0.15) is 12.0 Å². The van der Waals surface area contributed by atoms with Crippen LogP contribution in [0.25, 0.3) is 0 Å². The summed E-state index contributed by atoms with van der Waals surface area (Å²) < 4.78 is 18.8. The minimum absolute atomic E-state index is 0.0126. The maximum absolute atomic E-state index is 13.3. The minimum Gasteiger partial charge on any atom is -0.484 e. The van der Waals surface area contributed by atoms with Gasteiger partial charge in [-0.3, -0.25) is 9.59 Å². The van der Waals surface area contributed by atoms with Gasteiger partial charge in [0, 0.05) is 26.2 Å². The first-order chi connectivity index (χ1) is 13.1. The first-order valence-electron chi connectivity index (χ1n) is 9.09. The number of benzene rings is 2. The van der Waals surface area contributed by atoms with Crippen molar-refractivity contribution in [3.05, 3.63) is 66.0 Å². The van der Waals surface area contributed by atoms with Gasteiger partial charge in [-0.15, -0.1) is 0 Å². The number of amides is 2. The van der Waals surface area contributed by atoms with Crippen molar-refractivity contribution >= 4 is 11.8 Å². The monoisotopic (exact) mass is 370 g/mol. The molecule has 2 aromatic rings. The molecule has 1 saturated heterocycles. The van der Waals surface area contributed by atoms with Crippen LogP contribution >= 0.6 is 0 Å². The predicted octanol–water partition coefficient (Wildman–Crippen LogP) is 2.51. The summed E-state index contributed by atoms with van der Waals surface area (Å²) in [6.45, 7) is 2.14. The average Bonchev–Trinajstić information content (AvgIpc) is 2.93. The van der Waals surface area contributed by atoms with Gasteiger partial charge in [0.05, 0.1) is 6.42 Å². The van der Waals surface area contributed by atoms with Crippen LogP contribution in [0, 0.1) is 5.82 Å². The topological polar surface area (TPSA) is 49.9 Å². The second kappa shape index (κ2) is 9.16. The van der Waals surface area contributed by atoms with E-state index in [1.54, 1.807) is 21.9 Å². The second-order valence-corrected chi connectivity index (χ2v) is 6.52. The van der Waals surface area contributed by atoms with Crippen LogP contribution in [-0.2, 0) is 16.0 Å². The van der Waals surface area contributed by atoms with Crippen molar-refractivity contribution < 1.29 is 18.7 Å². The Balaban J connectivity index is 1.49. The lowest BCUT2D eigenvalue weighted by atomic mass is 10.1. The Hall–Kier alpha value is -2.89. The Bertz CT molecular complexity index is 782. The van der Waals surface area contributed by atoms with E-state index in [0.29, 0.717) is 43.9 Å². The van der Waals surface area contributed by atoms with Crippen LogP contribution in [0.3, 0.4) is 0 Å². The van der Waals surface area contributed by atoms with E-state index in [-0.39, 0.29) is 30.7 Å². The Morgan fingerprint density at radius 2 is 1.59 bits per heavy atom. The van der Waals surface area contributed by atoms with Gasteiger partial charge in [-0.05, 0) is 36.2 Å². The molecule has 1 aliphatic rings. The minimum atomic E-state index is -0.341. The number of rotatable bonds is 5. The molecule has 27 heavy (non-hydrogen) atoms. The van der Waals surface area contributed by atoms with Crippen LogP contribution < -0.4 is 4.74 Å². The summed E-state index contributed by atoms with van der Waals surface area (Å²) in [4.78, 5) is 28.4. The molecule has 0 aliphatic carbocycles. The van der Waals surface area contributed by atoms with Gasteiger partial charge in [0.2, 0.25) is 5.91 Å². The van der Waals surface area contributed by atoms with Crippen molar-refractivity contribution in [2.75, 3.05) is 32.8 Å². The summed E-state index contributed by atoms with van der Waals surface area (Å²) in [6.07, 6.45) is 0.884. The summed E-state index contributed by atoms with van der Waals surface area (Å²) in [5.74, 6) is 0.188. The number of hydrogen-bond acceptors (Lipinski definition) is 3. The molecule has 2 amide bonds. The molecule has 0 spiro atoms. The highest BCUT2D eigenvalue weighted by Crippen LogP contribution is 2.11. The van der Waals surface area contributed by atoms with E-state index in [1.165, 1.54) is 12.1 Å². The highest BCUT2D eigenvalue weighted by Gasteiger charge is 2.22. The number of nitrogens with zero attached hydrogens (tertiary/aromatic N) is 2. The van der Waals surface area contributed by atoms with Crippen molar-refractivity contribution in [2.24, 2.45) is 0 Å². The van der Waals surface area contributed by atoms with Crippen molar-refractivity contribution in [3.8, 4) is 5.75 Å². The third-order valence-corrected chi connectivity index (χ3v) is 4.55. The molecule has 0 bridgehead atoms. The number of hydrogen-bond donors (Lipinski definition) is 0. The van der Waals surface area contributed by atoms with Gasteiger partial charge in [-0.2, -0.15) is 0 Å². The largest absolute Gasteiger partial charge is 0.484 e. The lowest BCUT2D eigenvalue weighted by Gasteiger charge is -2.22. The van der Waals surface area contributed by atoms with E-state index in [4.69, 9.17) is 4.74 Å². The van der Waals surface area contributed by atoms with E-state index in [0.717, 1.165) is 0 Å².